The van der Waals surface area contributed by atoms with E-state index in [1.165, 1.54) is 0 Å². The van der Waals surface area contributed by atoms with Gasteiger partial charge in [-0.2, -0.15) is 4.31 Å². The fraction of sp³-hybridized carbons (Fsp3) is 0.571. The van der Waals surface area contributed by atoms with Crippen molar-refractivity contribution in [1.82, 2.24) is 4.31 Å². The highest BCUT2D eigenvalue weighted by atomic mass is 32.2. The lowest BCUT2D eigenvalue weighted by Gasteiger charge is -2.16. The topological polar surface area (TPSA) is 63.4 Å². The van der Waals surface area contributed by atoms with Crippen LogP contribution in [-0.4, -0.2) is 32.4 Å². The van der Waals surface area contributed by atoms with E-state index >= 15 is 0 Å². The van der Waals surface area contributed by atoms with Crippen LogP contribution in [0.25, 0.3) is 0 Å². The van der Waals surface area contributed by atoms with Crippen LogP contribution in [0.5, 0.6) is 0 Å². The zero-order valence-electron chi connectivity index (χ0n) is 11.4. The van der Waals surface area contributed by atoms with E-state index in [2.05, 4.69) is 6.92 Å². The summed E-state index contributed by atoms with van der Waals surface area (Å²) in [5.41, 5.74) is 6.57. The van der Waals surface area contributed by atoms with E-state index in [9.17, 15) is 8.42 Å². The molecule has 0 aromatic heterocycles. The number of rotatable bonds is 5. The predicted octanol–water partition coefficient (Wildman–Crippen LogP) is 1.61. The molecule has 1 aliphatic rings. The summed E-state index contributed by atoms with van der Waals surface area (Å²) in [6.07, 6.45) is 2.80. The first kappa shape index (κ1) is 14.5. The van der Waals surface area contributed by atoms with Crippen LogP contribution < -0.4 is 5.73 Å². The highest BCUT2D eigenvalue weighted by Gasteiger charge is 2.31. The van der Waals surface area contributed by atoms with E-state index in [0.717, 1.165) is 24.8 Å². The summed E-state index contributed by atoms with van der Waals surface area (Å²) in [5.74, 6) is 0.506. The monoisotopic (exact) mass is 282 g/mol. The number of hydrogen-bond donors (Lipinski definition) is 1. The van der Waals surface area contributed by atoms with Crippen molar-refractivity contribution in [3.8, 4) is 0 Å². The minimum atomic E-state index is -3.31. The first-order valence-corrected chi connectivity index (χ1v) is 8.31. The predicted molar refractivity (Wildman–Crippen MR) is 76.4 cm³/mol. The Morgan fingerprint density at radius 1 is 1.32 bits per heavy atom. The number of nitrogens with zero attached hydrogens (tertiary/aromatic N) is 1. The Morgan fingerprint density at radius 2 is 2.00 bits per heavy atom. The van der Waals surface area contributed by atoms with Crippen LogP contribution in [0.4, 0.5) is 0 Å². The van der Waals surface area contributed by atoms with Crippen LogP contribution in [0, 0.1) is 5.92 Å². The second kappa shape index (κ2) is 6.03. The summed E-state index contributed by atoms with van der Waals surface area (Å²) in [4.78, 5) is 0.394. The quantitative estimate of drug-likeness (QED) is 0.892. The van der Waals surface area contributed by atoms with E-state index < -0.39 is 10.0 Å². The normalized spacial score (nSPS) is 20.8. The van der Waals surface area contributed by atoms with E-state index in [1.54, 1.807) is 16.4 Å². The molecule has 0 spiro atoms. The van der Waals surface area contributed by atoms with Gasteiger partial charge in [0.2, 0.25) is 10.0 Å². The SMILES string of the molecule is CCC1CCN(S(=O)(=O)c2ccc(CCN)cc2)C1. The highest BCUT2D eigenvalue weighted by Crippen LogP contribution is 2.26. The van der Waals surface area contributed by atoms with Crippen molar-refractivity contribution in [2.24, 2.45) is 11.7 Å². The Balaban J connectivity index is 2.15. The molecule has 0 saturated carbocycles. The average Bonchev–Trinajstić information content (AvgIpc) is 2.89. The van der Waals surface area contributed by atoms with Gasteiger partial charge in [0.25, 0.3) is 0 Å². The molecule has 1 heterocycles. The molecule has 1 aliphatic heterocycles. The molecule has 1 saturated heterocycles. The van der Waals surface area contributed by atoms with Crippen molar-refractivity contribution < 1.29 is 8.42 Å². The van der Waals surface area contributed by atoms with Gasteiger partial charge in [0.05, 0.1) is 4.90 Å². The first-order chi connectivity index (χ1) is 9.07. The third-order valence-corrected chi connectivity index (χ3v) is 5.70. The summed E-state index contributed by atoms with van der Waals surface area (Å²) in [6.45, 7) is 3.99. The smallest absolute Gasteiger partial charge is 0.243 e. The van der Waals surface area contributed by atoms with Crippen molar-refractivity contribution in [3.63, 3.8) is 0 Å². The average molecular weight is 282 g/mol. The molecule has 1 atom stereocenters. The Hall–Kier alpha value is -0.910. The summed E-state index contributed by atoms with van der Waals surface area (Å²) in [5, 5.41) is 0. The first-order valence-electron chi connectivity index (χ1n) is 6.87. The molecule has 106 valence electrons. The molecule has 1 unspecified atom stereocenters. The van der Waals surface area contributed by atoms with E-state index in [4.69, 9.17) is 5.73 Å². The minimum Gasteiger partial charge on any atom is -0.330 e. The van der Waals surface area contributed by atoms with Crippen LogP contribution in [0.1, 0.15) is 25.3 Å². The van der Waals surface area contributed by atoms with Gasteiger partial charge in [-0.1, -0.05) is 25.5 Å². The second-order valence-corrected chi connectivity index (χ2v) is 7.05. The summed E-state index contributed by atoms with van der Waals surface area (Å²) >= 11 is 0. The van der Waals surface area contributed by atoms with Crippen LogP contribution in [-0.2, 0) is 16.4 Å². The van der Waals surface area contributed by atoms with Gasteiger partial charge in [0.15, 0.2) is 0 Å². The third-order valence-electron chi connectivity index (χ3n) is 3.82. The van der Waals surface area contributed by atoms with Crippen molar-refractivity contribution in [1.29, 1.82) is 0 Å². The van der Waals surface area contributed by atoms with Gasteiger partial charge in [-0.05, 0) is 43.0 Å². The summed E-state index contributed by atoms with van der Waals surface area (Å²) in [6, 6.07) is 7.10. The highest BCUT2D eigenvalue weighted by molar-refractivity contribution is 7.89. The zero-order chi connectivity index (χ0) is 13.9. The molecule has 0 radical (unpaired) electrons. The maximum Gasteiger partial charge on any atom is 0.243 e. The molecule has 0 aliphatic carbocycles. The largest absolute Gasteiger partial charge is 0.330 e. The van der Waals surface area contributed by atoms with E-state index in [1.807, 2.05) is 12.1 Å². The van der Waals surface area contributed by atoms with Gasteiger partial charge >= 0.3 is 0 Å². The molecular weight excluding hydrogens is 260 g/mol. The molecule has 0 amide bonds. The molecule has 4 nitrogen and oxygen atoms in total. The Bertz CT molecular complexity index is 511. The Kier molecular flexibility index (Phi) is 4.60. The summed E-state index contributed by atoms with van der Waals surface area (Å²) in [7, 11) is -3.31. The fourth-order valence-corrected chi connectivity index (χ4v) is 4.02. The number of hydrogen-bond acceptors (Lipinski definition) is 3. The van der Waals surface area contributed by atoms with E-state index in [0.29, 0.717) is 30.4 Å². The van der Waals surface area contributed by atoms with Crippen molar-refractivity contribution >= 4 is 10.0 Å². The molecular formula is C14H22N2O2S. The Labute approximate surface area is 115 Å². The number of nitrogens with two attached hydrogens (primary N) is 1. The lowest BCUT2D eigenvalue weighted by atomic mass is 10.1. The van der Waals surface area contributed by atoms with Gasteiger partial charge in [0.1, 0.15) is 0 Å². The standard InChI is InChI=1S/C14H22N2O2S/c1-2-12-8-10-16(11-12)19(17,18)14-5-3-13(4-6-14)7-9-15/h3-6,12H,2,7-11,15H2,1H3. The van der Waals surface area contributed by atoms with Gasteiger partial charge in [-0.3, -0.25) is 0 Å². The zero-order valence-corrected chi connectivity index (χ0v) is 12.2. The molecule has 1 fully saturated rings. The minimum absolute atomic E-state index is 0.394. The van der Waals surface area contributed by atoms with Crippen LogP contribution in [0.3, 0.4) is 0 Å². The van der Waals surface area contributed by atoms with Crippen molar-refractivity contribution in [2.45, 2.75) is 31.1 Å². The van der Waals surface area contributed by atoms with Crippen LogP contribution in [0.15, 0.2) is 29.2 Å². The molecule has 5 heteroatoms. The van der Waals surface area contributed by atoms with Crippen LogP contribution in [0.2, 0.25) is 0 Å². The third kappa shape index (κ3) is 3.16. The summed E-state index contributed by atoms with van der Waals surface area (Å²) < 4.78 is 26.5. The Morgan fingerprint density at radius 3 is 2.53 bits per heavy atom. The van der Waals surface area contributed by atoms with E-state index in [-0.39, 0.29) is 0 Å². The lowest BCUT2D eigenvalue weighted by Crippen LogP contribution is -2.28. The second-order valence-electron chi connectivity index (χ2n) is 5.11. The van der Waals surface area contributed by atoms with Crippen molar-refractivity contribution in [3.05, 3.63) is 29.8 Å². The maximum absolute atomic E-state index is 12.5. The lowest BCUT2D eigenvalue weighted by molar-refractivity contribution is 0.453. The molecule has 1 aromatic carbocycles. The van der Waals surface area contributed by atoms with Gasteiger partial charge in [0, 0.05) is 13.1 Å². The van der Waals surface area contributed by atoms with Gasteiger partial charge < -0.3 is 5.73 Å². The maximum atomic E-state index is 12.5. The van der Waals surface area contributed by atoms with Gasteiger partial charge in [-0.15, -0.1) is 0 Å². The van der Waals surface area contributed by atoms with Gasteiger partial charge in [-0.25, -0.2) is 8.42 Å². The molecule has 2 N–H and O–H groups in total. The molecule has 2 rings (SSSR count). The molecule has 19 heavy (non-hydrogen) atoms. The van der Waals surface area contributed by atoms with Crippen LogP contribution >= 0.6 is 0 Å². The molecule has 0 bridgehead atoms. The number of benzene rings is 1. The van der Waals surface area contributed by atoms with Crippen molar-refractivity contribution in [2.75, 3.05) is 19.6 Å². The fourth-order valence-electron chi connectivity index (χ4n) is 2.49. The number of sulfonamides is 1. The molecule has 1 aromatic rings.